The second-order valence-corrected chi connectivity index (χ2v) is 3.43. The molecule has 13 heavy (non-hydrogen) atoms. The Kier molecular flexibility index (Phi) is 3.39. The summed E-state index contributed by atoms with van der Waals surface area (Å²) in [5, 5.41) is 4.64. The number of rotatable bonds is 2. The van der Waals surface area contributed by atoms with Crippen LogP contribution in [-0.2, 0) is 6.54 Å². The SMILES string of the molecule is CC#CCn1n[c]c(Cl)c1C(C)C. The van der Waals surface area contributed by atoms with E-state index in [1.165, 1.54) is 0 Å². The first-order valence-electron chi connectivity index (χ1n) is 4.20. The van der Waals surface area contributed by atoms with E-state index in [4.69, 9.17) is 11.6 Å². The highest BCUT2D eigenvalue weighted by molar-refractivity contribution is 6.31. The van der Waals surface area contributed by atoms with Crippen molar-refractivity contribution in [1.82, 2.24) is 9.78 Å². The van der Waals surface area contributed by atoms with Gasteiger partial charge in [0.25, 0.3) is 0 Å². The first-order chi connectivity index (χ1) is 6.16. The fourth-order valence-electron chi connectivity index (χ4n) is 1.15. The average molecular weight is 196 g/mol. The van der Waals surface area contributed by atoms with Gasteiger partial charge in [0.2, 0.25) is 0 Å². The normalized spacial score (nSPS) is 9.92. The maximum absolute atomic E-state index is 5.93. The van der Waals surface area contributed by atoms with Crippen molar-refractivity contribution in [3.8, 4) is 11.8 Å². The monoisotopic (exact) mass is 195 g/mol. The van der Waals surface area contributed by atoms with Crippen molar-refractivity contribution in [2.24, 2.45) is 0 Å². The van der Waals surface area contributed by atoms with Crippen LogP contribution in [0, 0.1) is 18.0 Å². The molecule has 1 aromatic heterocycles. The molecule has 0 atom stereocenters. The summed E-state index contributed by atoms with van der Waals surface area (Å²) in [6.07, 6.45) is 2.74. The number of nitrogens with zero attached hydrogens (tertiary/aromatic N) is 2. The lowest BCUT2D eigenvalue weighted by molar-refractivity contribution is 0.635. The second kappa shape index (κ2) is 4.34. The Hall–Kier alpha value is -0.940. The molecular formula is C10H12ClN2. The summed E-state index contributed by atoms with van der Waals surface area (Å²) in [6, 6.07) is 0. The van der Waals surface area contributed by atoms with Crippen molar-refractivity contribution < 1.29 is 0 Å². The van der Waals surface area contributed by atoms with Crippen LogP contribution in [-0.4, -0.2) is 9.78 Å². The van der Waals surface area contributed by atoms with E-state index in [0.717, 1.165) is 5.69 Å². The van der Waals surface area contributed by atoms with E-state index in [1.54, 1.807) is 4.68 Å². The molecule has 0 aliphatic rings. The van der Waals surface area contributed by atoms with Gasteiger partial charge in [-0.15, -0.1) is 5.92 Å². The molecule has 1 heterocycles. The molecule has 1 rings (SSSR count). The van der Waals surface area contributed by atoms with Gasteiger partial charge in [-0.1, -0.05) is 31.4 Å². The highest BCUT2D eigenvalue weighted by atomic mass is 35.5. The molecule has 1 radical (unpaired) electrons. The van der Waals surface area contributed by atoms with Crippen molar-refractivity contribution in [3.05, 3.63) is 16.9 Å². The smallest absolute Gasteiger partial charge is 0.133 e. The molecule has 69 valence electrons. The Morgan fingerprint density at radius 1 is 1.62 bits per heavy atom. The predicted octanol–water partition coefficient (Wildman–Crippen LogP) is 2.48. The minimum atomic E-state index is 0.352. The summed E-state index contributed by atoms with van der Waals surface area (Å²) < 4.78 is 1.80. The summed E-state index contributed by atoms with van der Waals surface area (Å²) in [6.45, 7) is 6.55. The van der Waals surface area contributed by atoms with E-state index in [2.05, 4.69) is 37.0 Å². The predicted molar refractivity (Wildman–Crippen MR) is 53.6 cm³/mol. The zero-order valence-corrected chi connectivity index (χ0v) is 8.81. The van der Waals surface area contributed by atoms with Crippen LogP contribution < -0.4 is 0 Å². The standard InChI is InChI=1S/C10H12ClN2/c1-4-5-6-13-10(8(2)3)9(11)7-12-13/h8H,6H2,1-3H3. The van der Waals surface area contributed by atoms with Crippen LogP contribution >= 0.6 is 11.6 Å². The zero-order valence-electron chi connectivity index (χ0n) is 8.06. The van der Waals surface area contributed by atoms with Crippen molar-refractivity contribution in [2.45, 2.75) is 33.2 Å². The molecule has 0 aliphatic heterocycles. The summed E-state index contributed by atoms with van der Waals surface area (Å²) in [5.41, 5.74) is 1.00. The average Bonchev–Trinajstić information content (AvgIpc) is 2.43. The minimum absolute atomic E-state index is 0.352. The molecule has 0 bridgehead atoms. The molecule has 0 fully saturated rings. The molecular weight excluding hydrogens is 184 g/mol. The van der Waals surface area contributed by atoms with Crippen LogP contribution in [0.2, 0.25) is 5.02 Å². The number of halogens is 1. The Morgan fingerprint density at radius 2 is 2.31 bits per heavy atom. The van der Waals surface area contributed by atoms with Gasteiger partial charge in [0.1, 0.15) is 12.7 Å². The van der Waals surface area contributed by atoms with Gasteiger partial charge in [-0.2, -0.15) is 5.10 Å². The van der Waals surface area contributed by atoms with Crippen LogP contribution in [0.5, 0.6) is 0 Å². The third kappa shape index (κ3) is 2.26. The van der Waals surface area contributed by atoms with Gasteiger partial charge in [0.05, 0.1) is 10.7 Å². The van der Waals surface area contributed by atoms with Gasteiger partial charge >= 0.3 is 0 Å². The van der Waals surface area contributed by atoms with Crippen molar-refractivity contribution in [3.63, 3.8) is 0 Å². The Labute approximate surface area is 83.9 Å². The summed E-state index contributed by atoms with van der Waals surface area (Å²) >= 11 is 5.93. The minimum Gasteiger partial charge on any atom is -0.255 e. The third-order valence-electron chi connectivity index (χ3n) is 1.72. The van der Waals surface area contributed by atoms with E-state index in [0.29, 0.717) is 17.5 Å². The number of aromatic nitrogens is 2. The molecule has 2 nitrogen and oxygen atoms in total. The van der Waals surface area contributed by atoms with Gasteiger partial charge in [0.15, 0.2) is 0 Å². The van der Waals surface area contributed by atoms with Gasteiger partial charge in [-0.05, 0) is 12.8 Å². The Bertz CT molecular complexity index is 342. The fraction of sp³-hybridized carbons (Fsp3) is 0.500. The third-order valence-corrected chi connectivity index (χ3v) is 2.00. The highest BCUT2D eigenvalue weighted by Crippen LogP contribution is 2.22. The second-order valence-electron chi connectivity index (χ2n) is 3.05. The van der Waals surface area contributed by atoms with Crippen LogP contribution in [0.15, 0.2) is 0 Å². The molecule has 3 heteroatoms. The van der Waals surface area contributed by atoms with Crippen LogP contribution in [0.25, 0.3) is 0 Å². The van der Waals surface area contributed by atoms with Crippen LogP contribution in [0.1, 0.15) is 32.4 Å². The van der Waals surface area contributed by atoms with Crippen LogP contribution in [0.4, 0.5) is 0 Å². The summed E-state index contributed by atoms with van der Waals surface area (Å²) in [7, 11) is 0. The lowest BCUT2D eigenvalue weighted by Gasteiger charge is -2.07. The van der Waals surface area contributed by atoms with Gasteiger partial charge in [-0.25, -0.2) is 0 Å². The molecule has 0 saturated carbocycles. The van der Waals surface area contributed by atoms with E-state index in [9.17, 15) is 0 Å². The summed E-state index contributed by atoms with van der Waals surface area (Å²) in [4.78, 5) is 0. The Morgan fingerprint density at radius 3 is 2.85 bits per heavy atom. The number of hydrogen-bond donors (Lipinski definition) is 0. The number of hydrogen-bond acceptors (Lipinski definition) is 1. The maximum Gasteiger partial charge on any atom is 0.133 e. The molecule has 0 spiro atoms. The van der Waals surface area contributed by atoms with Gasteiger partial charge in [0, 0.05) is 0 Å². The lowest BCUT2D eigenvalue weighted by Crippen LogP contribution is -2.05. The van der Waals surface area contributed by atoms with Crippen molar-refractivity contribution in [1.29, 1.82) is 0 Å². The summed E-state index contributed by atoms with van der Waals surface area (Å²) in [5.74, 6) is 6.12. The first kappa shape index (κ1) is 10.1. The first-order valence-corrected chi connectivity index (χ1v) is 4.58. The van der Waals surface area contributed by atoms with E-state index in [1.807, 2.05) is 6.92 Å². The van der Waals surface area contributed by atoms with Crippen LogP contribution in [0.3, 0.4) is 0 Å². The molecule has 0 aromatic carbocycles. The molecule has 0 amide bonds. The highest BCUT2D eigenvalue weighted by Gasteiger charge is 2.11. The van der Waals surface area contributed by atoms with Gasteiger partial charge < -0.3 is 0 Å². The van der Waals surface area contributed by atoms with Gasteiger partial charge in [-0.3, -0.25) is 4.68 Å². The Balaban J connectivity index is 2.98. The maximum atomic E-state index is 5.93. The quantitative estimate of drug-likeness (QED) is 0.663. The largest absolute Gasteiger partial charge is 0.255 e. The molecule has 0 saturated heterocycles. The van der Waals surface area contributed by atoms with E-state index >= 15 is 0 Å². The molecule has 1 aromatic rings. The van der Waals surface area contributed by atoms with E-state index < -0.39 is 0 Å². The molecule has 0 N–H and O–H groups in total. The van der Waals surface area contributed by atoms with E-state index in [-0.39, 0.29) is 0 Å². The molecule has 0 unspecified atom stereocenters. The zero-order chi connectivity index (χ0) is 9.84. The fourth-order valence-corrected chi connectivity index (χ4v) is 1.51. The van der Waals surface area contributed by atoms with Crippen molar-refractivity contribution in [2.75, 3.05) is 0 Å². The lowest BCUT2D eigenvalue weighted by atomic mass is 10.1. The molecule has 0 aliphatic carbocycles. The van der Waals surface area contributed by atoms with Crippen molar-refractivity contribution >= 4 is 11.6 Å². The topological polar surface area (TPSA) is 17.8 Å².